The first-order chi connectivity index (χ1) is 12.4. The summed E-state index contributed by atoms with van der Waals surface area (Å²) >= 11 is 1.82. The van der Waals surface area contributed by atoms with Crippen LogP contribution in [0.15, 0.2) is 36.4 Å². The van der Waals surface area contributed by atoms with Crippen LogP contribution in [0, 0.1) is 27.7 Å². The number of nitrogens with one attached hydrogen (secondary N) is 1. The van der Waals surface area contributed by atoms with Gasteiger partial charge in [0.05, 0.1) is 0 Å². The van der Waals surface area contributed by atoms with Gasteiger partial charge in [-0.05, 0) is 62.9 Å². The van der Waals surface area contributed by atoms with E-state index in [2.05, 4.69) is 49.5 Å². The number of aryl methyl sites for hydroxylation is 3. The fourth-order valence-electron chi connectivity index (χ4n) is 2.63. The van der Waals surface area contributed by atoms with Crippen LogP contribution in [0.1, 0.15) is 34.7 Å². The standard InChI is InChI=1S/C22H29NO2S/c1-15-6-8-20(9-7-15)14-26-11-10-23-22(24)19(5)25-21-13-16(2)12-17(3)18(21)4/h6-9,12-13,19H,10-11,14H2,1-5H3,(H,23,24). The van der Waals surface area contributed by atoms with Crippen molar-refractivity contribution in [2.45, 2.75) is 46.5 Å². The van der Waals surface area contributed by atoms with Gasteiger partial charge < -0.3 is 10.1 Å². The molecule has 1 amide bonds. The van der Waals surface area contributed by atoms with Gasteiger partial charge in [0.1, 0.15) is 5.75 Å². The lowest BCUT2D eigenvalue weighted by Crippen LogP contribution is -2.37. The molecule has 2 aromatic rings. The van der Waals surface area contributed by atoms with Crippen LogP contribution in [0.3, 0.4) is 0 Å². The molecule has 0 saturated carbocycles. The Morgan fingerprint density at radius 3 is 2.46 bits per heavy atom. The predicted octanol–water partition coefficient (Wildman–Crippen LogP) is 4.74. The molecule has 0 aliphatic heterocycles. The average molecular weight is 372 g/mol. The van der Waals surface area contributed by atoms with E-state index in [1.165, 1.54) is 16.7 Å². The lowest BCUT2D eigenvalue weighted by atomic mass is 10.1. The summed E-state index contributed by atoms with van der Waals surface area (Å²) in [6.45, 7) is 10.7. The SMILES string of the molecule is Cc1ccc(CSCCNC(=O)C(C)Oc2cc(C)cc(C)c2C)cc1. The zero-order valence-electron chi connectivity index (χ0n) is 16.4. The van der Waals surface area contributed by atoms with Crippen molar-refractivity contribution in [3.8, 4) is 5.75 Å². The molecule has 26 heavy (non-hydrogen) atoms. The highest BCUT2D eigenvalue weighted by molar-refractivity contribution is 7.98. The largest absolute Gasteiger partial charge is 0.481 e. The number of hydrogen-bond acceptors (Lipinski definition) is 3. The molecular formula is C22H29NO2S. The summed E-state index contributed by atoms with van der Waals surface area (Å²) in [5.74, 6) is 2.57. The fourth-order valence-corrected chi connectivity index (χ4v) is 3.45. The number of benzene rings is 2. The number of amides is 1. The molecule has 0 bridgehead atoms. The van der Waals surface area contributed by atoms with Gasteiger partial charge in [0.2, 0.25) is 0 Å². The van der Waals surface area contributed by atoms with Crippen LogP contribution >= 0.6 is 11.8 Å². The highest BCUT2D eigenvalue weighted by Crippen LogP contribution is 2.24. The van der Waals surface area contributed by atoms with Gasteiger partial charge in [-0.25, -0.2) is 0 Å². The molecule has 1 N–H and O–H groups in total. The lowest BCUT2D eigenvalue weighted by molar-refractivity contribution is -0.127. The molecule has 3 nitrogen and oxygen atoms in total. The van der Waals surface area contributed by atoms with Crippen LogP contribution in [0.4, 0.5) is 0 Å². The summed E-state index contributed by atoms with van der Waals surface area (Å²) in [5, 5.41) is 2.96. The van der Waals surface area contributed by atoms with Crippen LogP contribution in [-0.4, -0.2) is 24.3 Å². The Morgan fingerprint density at radius 2 is 1.77 bits per heavy atom. The van der Waals surface area contributed by atoms with Crippen molar-refractivity contribution in [2.24, 2.45) is 0 Å². The molecule has 2 rings (SSSR count). The van der Waals surface area contributed by atoms with Gasteiger partial charge in [-0.1, -0.05) is 35.9 Å². The second-order valence-electron chi connectivity index (χ2n) is 6.79. The molecule has 0 saturated heterocycles. The third-order valence-electron chi connectivity index (χ3n) is 4.37. The van der Waals surface area contributed by atoms with E-state index in [-0.39, 0.29) is 5.91 Å². The third-order valence-corrected chi connectivity index (χ3v) is 5.40. The molecule has 4 heteroatoms. The molecule has 2 aromatic carbocycles. The summed E-state index contributed by atoms with van der Waals surface area (Å²) in [7, 11) is 0. The number of carbonyl (C=O) groups excluding carboxylic acids is 1. The van der Waals surface area contributed by atoms with Crippen LogP contribution < -0.4 is 10.1 Å². The second-order valence-corrected chi connectivity index (χ2v) is 7.90. The van der Waals surface area contributed by atoms with E-state index < -0.39 is 6.10 Å². The molecule has 0 fully saturated rings. The molecule has 0 aliphatic carbocycles. The molecule has 0 spiro atoms. The van der Waals surface area contributed by atoms with Gasteiger partial charge >= 0.3 is 0 Å². The predicted molar refractivity (Wildman–Crippen MR) is 111 cm³/mol. The highest BCUT2D eigenvalue weighted by Gasteiger charge is 2.16. The van der Waals surface area contributed by atoms with Crippen LogP contribution in [0.25, 0.3) is 0 Å². The summed E-state index contributed by atoms with van der Waals surface area (Å²) in [6.07, 6.45) is -0.503. The van der Waals surface area contributed by atoms with E-state index in [4.69, 9.17) is 4.74 Å². The van der Waals surface area contributed by atoms with E-state index in [0.717, 1.165) is 28.4 Å². The van der Waals surface area contributed by atoms with Crippen molar-refractivity contribution in [2.75, 3.05) is 12.3 Å². The van der Waals surface area contributed by atoms with Crippen molar-refractivity contribution in [3.05, 3.63) is 64.2 Å². The summed E-state index contributed by atoms with van der Waals surface area (Å²) in [4.78, 5) is 12.3. The second kappa shape index (κ2) is 9.67. The number of thioether (sulfide) groups is 1. The Morgan fingerprint density at radius 1 is 1.08 bits per heavy atom. The minimum absolute atomic E-state index is 0.0699. The summed E-state index contributed by atoms with van der Waals surface area (Å²) in [5.41, 5.74) is 6.00. The minimum Gasteiger partial charge on any atom is -0.481 e. The smallest absolute Gasteiger partial charge is 0.260 e. The maximum Gasteiger partial charge on any atom is 0.260 e. The number of rotatable bonds is 8. The maximum absolute atomic E-state index is 12.3. The molecular weight excluding hydrogens is 342 g/mol. The summed E-state index contributed by atoms with van der Waals surface area (Å²) in [6, 6.07) is 12.7. The van der Waals surface area contributed by atoms with Crippen LogP contribution in [-0.2, 0) is 10.5 Å². The normalized spacial score (nSPS) is 11.9. The van der Waals surface area contributed by atoms with Crippen molar-refractivity contribution in [3.63, 3.8) is 0 Å². The summed E-state index contributed by atoms with van der Waals surface area (Å²) < 4.78 is 5.89. The zero-order chi connectivity index (χ0) is 19.1. The zero-order valence-corrected chi connectivity index (χ0v) is 17.2. The highest BCUT2D eigenvalue weighted by atomic mass is 32.2. The Balaban J connectivity index is 1.73. The molecule has 0 aliphatic rings. The Hall–Kier alpha value is -1.94. The van der Waals surface area contributed by atoms with Gasteiger partial charge in [0, 0.05) is 18.1 Å². The molecule has 0 radical (unpaired) electrons. The minimum atomic E-state index is -0.503. The number of hydrogen-bond donors (Lipinski definition) is 1. The average Bonchev–Trinajstić information content (AvgIpc) is 2.60. The van der Waals surface area contributed by atoms with Crippen LogP contribution in [0.5, 0.6) is 5.75 Å². The monoisotopic (exact) mass is 371 g/mol. The van der Waals surface area contributed by atoms with E-state index >= 15 is 0 Å². The van der Waals surface area contributed by atoms with Crippen molar-refractivity contribution in [1.82, 2.24) is 5.32 Å². The Labute approximate surface area is 161 Å². The first kappa shape index (κ1) is 20.4. The topological polar surface area (TPSA) is 38.3 Å². The molecule has 140 valence electrons. The van der Waals surface area contributed by atoms with E-state index in [1.54, 1.807) is 6.92 Å². The van der Waals surface area contributed by atoms with Gasteiger partial charge in [-0.2, -0.15) is 11.8 Å². The Bertz CT molecular complexity index is 741. The van der Waals surface area contributed by atoms with E-state index in [0.29, 0.717) is 6.54 Å². The molecule has 0 heterocycles. The first-order valence-corrected chi connectivity index (χ1v) is 10.2. The number of ether oxygens (including phenoxy) is 1. The van der Waals surface area contributed by atoms with Crippen molar-refractivity contribution < 1.29 is 9.53 Å². The first-order valence-electron chi connectivity index (χ1n) is 9.02. The lowest BCUT2D eigenvalue weighted by Gasteiger charge is -2.18. The van der Waals surface area contributed by atoms with Gasteiger partial charge in [-0.15, -0.1) is 0 Å². The molecule has 1 atom stereocenters. The third kappa shape index (κ3) is 6.10. The van der Waals surface area contributed by atoms with Gasteiger partial charge in [0.25, 0.3) is 5.91 Å². The van der Waals surface area contributed by atoms with Crippen LogP contribution in [0.2, 0.25) is 0 Å². The quantitative estimate of drug-likeness (QED) is 0.681. The molecule has 0 aromatic heterocycles. The Kier molecular flexibility index (Phi) is 7.58. The van der Waals surface area contributed by atoms with Crippen molar-refractivity contribution >= 4 is 17.7 Å². The van der Waals surface area contributed by atoms with E-state index in [9.17, 15) is 4.79 Å². The maximum atomic E-state index is 12.3. The van der Waals surface area contributed by atoms with Gasteiger partial charge in [-0.3, -0.25) is 4.79 Å². The fraction of sp³-hybridized carbons (Fsp3) is 0.409. The van der Waals surface area contributed by atoms with Crippen molar-refractivity contribution in [1.29, 1.82) is 0 Å². The van der Waals surface area contributed by atoms with Gasteiger partial charge in [0.15, 0.2) is 6.10 Å². The number of carbonyl (C=O) groups is 1. The molecule has 1 unspecified atom stereocenters. The van der Waals surface area contributed by atoms with E-state index in [1.807, 2.05) is 31.7 Å².